The second-order valence-corrected chi connectivity index (χ2v) is 9.07. The number of benzene rings is 1. The van der Waals surface area contributed by atoms with Crippen LogP contribution in [0.4, 0.5) is 5.69 Å². The fraction of sp³-hybridized carbons (Fsp3) is 0.571. The largest absolute Gasteiger partial charge is 0.328 e. The highest BCUT2D eigenvalue weighted by molar-refractivity contribution is 7.92. The SMILES string of the molecule is CCCCS(=O)(=O)Nc1ccc(S(=O)(=O)NCCC(C)N)cc1.Cl. The molecule has 0 aliphatic carbocycles. The lowest BCUT2D eigenvalue weighted by molar-refractivity contribution is 0.572. The lowest BCUT2D eigenvalue weighted by Crippen LogP contribution is -2.29. The van der Waals surface area contributed by atoms with Gasteiger partial charge in [0.15, 0.2) is 0 Å². The van der Waals surface area contributed by atoms with Crippen LogP contribution in [0.1, 0.15) is 33.1 Å². The van der Waals surface area contributed by atoms with Crippen molar-refractivity contribution in [2.75, 3.05) is 17.0 Å². The van der Waals surface area contributed by atoms with E-state index in [1.54, 1.807) is 6.92 Å². The minimum atomic E-state index is -3.61. The highest BCUT2D eigenvalue weighted by Gasteiger charge is 2.15. The molecule has 1 aromatic carbocycles. The zero-order valence-corrected chi connectivity index (χ0v) is 16.3. The van der Waals surface area contributed by atoms with Gasteiger partial charge < -0.3 is 5.73 Å². The zero-order valence-electron chi connectivity index (χ0n) is 13.9. The number of anilines is 1. The van der Waals surface area contributed by atoms with Gasteiger partial charge in [0.05, 0.1) is 10.6 Å². The summed E-state index contributed by atoms with van der Waals surface area (Å²) in [6, 6.07) is 5.52. The first kappa shape index (κ1) is 23.1. The van der Waals surface area contributed by atoms with Crippen LogP contribution in [0.3, 0.4) is 0 Å². The monoisotopic (exact) mass is 399 g/mol. The van der Waals surface area contributed by atoms with Gasteiger partial charge in [-0.2, -0.15) is 0 Å². The Bertz CT molecular complexity index is 689. The van der Waals surface area contributed by atoms with E-state index in [0.29, 0.717) is 18.5 Å². The van der Waals surface area contributed by atoms with Gasteiger partial charge in [0, 0.05) is 18.3 Å². The molecular weight excluding hydrogens is 374 g/mol. The molecule has 1 atom stereocenters. The van der Waals surface area contributed by atoms with Gasteiger partial charge in [-0.05, 0) is 44.0 Å². The number of unbranched alkanes of at least 4 members (excludes halogenated alkanes) is 1. The van der Waals surface area contributed by atoms with Gasteiger partial charge >= 0.3 is 0 Å². The molecule has 1 unspecified atom stereocenters. The van der Waals surface area contributed by atoms with Crippen molar-refractivity contribution in [3.63, 3.8) is 0 Å². The molecule has 0 bridgehead atoms. The van der Waals surface area contributed by atoms with E-state index in [2.05, 4.69) is 9.44 Å². The summed E-state index contributed by atoms with van der Waals surface area (Å²) in [5.41, 5.74) is 5.92. The Morgan fingerprint density at radius 3 is 2.21 bits per heavy atom. The maximum atomic E-state index is 12.1. The van der Waals surface area contributed by atoms with Crippen molar-refractivity contribution < 1.29 is 16.8 Å². The van der Waals surface area contributed by atoms with Crippen LogP contribution in [0.5, 0.6) is 0 Å². The summed E-state index contributed by atoms with van der Waals surface area (Å²) in [6.45, 7) is 3.97. The van der Waals surface area contributed by atoms with E-state index in [1.807, 2.05) is 6.92 Å². The first-order valence-corrected chi connectivity index (χ1v) is 10.7. The van der Waals surface area contributed by atoms with Gasteiger partial charge in [-0.25, -0.2) is 21.6 Å². The maximum absolute atomic E-state index is 12.1. The normalized spacial score (nSPS) is 13.1. The zero-order chi connectivity index (χ0) is 17.5. The third kappa shape index (κ3) is 8.29. The van der Waals surface area contributed by atoms with Crippen molar-refractivity contribution in [3.8, 4) is 0 Å². The van der Waals surface area contributed by atoms with Gasteiger partial charge in [0.2, 0.25) is 20.0 Å². The van der Waals surface area contributed by atoms with Gasteiger partial charge in [-0.1, -0.05) is 13.3 Å². The number of sulfonamides is 2. The van der Waals surface area contributed by atoms with Gasteiger partial charge in [-0.3, -0.25) is 4.72 Å². The predicted molar refractivity (Wildman–Crippen MR) is 99.5 cm³/mol. The molecule has 7 nitrogen and oxygen atoms in total. The summed E-state index contributed by atoms with van der Waals surface area (Å²) in [6.07, 6.45) is 1.89. The lowest BCUT2D eigenvalue weighted by Gasteiger charge is -2.10. The number of rotatable bonds is 10. The molecule has 0 radical (unpaired) electrons. The predicted octanol–water partition coefficient (Wildman–Crippen LogP) is 1.67. The Labute approximate surface area is 150 Å². The van der Waals surface area contributed by atoms with Crippen LogP contribution in [0.25, 0.3) is 0 Å². The average Bonchev–Trinajstić information content (AvgIpc) is 2.45. The maximum Gasteiger partial charge on any atom is 0.240 e. The molecule has 0 saturated heterocycles. The molecule has 10 heteroatoms. The fourth-order valence-corrected chi connectivity index (χ4v) is 4.08. The molecule has 0 saturated carbocycles. The summed E-state index contributed by atoms with van der Waals surface area (Å²) in [4.78, 5) is 0.0821. The van der Waals surface area contributed by atoms with Crippen LogP contribution < -0.4 is 15.2 Å². The Morgan fingerprint density at radius 2 is 1.71 bits per heavy atom. The molecular formula is C14H26ClN3O4S2. The number of hydrogen-bond acceptors (Lipinski definition) is 5. The second kappa shape index (κ2) is 10.2. The lowest BCUT2D eigenvalue weighted by atomic mass is 10.3. The molecule has 0 amide bonds. The fourth-order valence-electron chi connectivity index (χ4n) is 1.77. The van der Waals surface area contributed by atoms with Crippen molar-refractivity contribution in [2.24, 2.45) is 5.73 Å². The van der Waals surface area contributed by atoms with E-state index in [0.717, 1.165) is 6.42 Å². The molecule has 0 aliphatic rings. The summed E-state index contributed by atoms with van der Waals surface area (Å²) < 4.78 is 52.6. The van der Waals surface area contributed by atoms with Crippen molar-refractivity contribution >= 4 is 38.1 Å². The molecule has 140 valence electrons. The molecule has 0 fully saturated rings. The third-order valence-electron chi connectivity index (χ3n) is 3.10. The van der Waals surface area contributed by atoms with Crippen LogP contribution >= 0.6 is 12.4 Å². The molecule has 0 spiro atoms. The van der Waals surface area contributed by atoms with E-state index in [-0.39, 0.29) is 35.6 Å². The molecule has 0 aliphatic heterocycles. The first-order chi connectivity index (χ1) is 10.7. The highest BCUT2D eigenvalue weighted by Crippen LogP contribution is 2.15. The minimum absolute atomic E-state index is 0. The Balaban J connectivity index is 0.00000529. The highest BCUT2D eigenvalue weighted by atomic mass is 35.5. The topological polar surface area (TPSA) is 118 Å². The van der Waals surface area contributed by atoms with E-state index in [4.69, 9.17) is 5.73 Å². The molecule has 24 heavy (non-hydrogen) atoms. The van der Waals surface area contributed by atoms with Crippen molar-refractivity contribution in [2.45, 2.75) is 44.0 Å². The van der Waals surface area contributed by atoms with Crippen LogP contribution in [-0.4, -0.2) is 35.2 Å². The van der Waals surface area contributed by atoms with Crippen LogP contribution in [0.15, 0.2) is 29.2 Å². The van der Waals surface area contributed by atoms with E-state index >= 15 is 0 Å². The number of nitrogens with one attached hydrogen (secondary N) is 2. The van der Waals surface area contributed by atoms with Crippen molar-refractivity contribution in [1.29, 1.82) is 0 Å². The number of hydrogen-bond donors (Lipinski definition) is 3. The van der Waals surface area contributed by atoms with E-state index in [1.165, 1.54) is 24.3 Å². The molecule has 0 heterocycles. The number of halogens is 1. The minimum Gasteiger partial charge on any atom is -0.328 e. The van der Waals surface area contributed by atoms with Crippen molar-refractivity contribution in [1.82, 2.24) is 4.72 Å². The molecule has 1 rings (SSSR count). The van der Waals surface area contributed by atoms with Crippen LogP contribution in [0, 0.1) is 0 Å². The van der Waals surface area contributed by atoms with Gasteiger partial charge in [0.25, 0.3) is 0 Å². The quantitative estimate of drug-likeness (QED) is 0.553. The van der Waals surface area contributed by atoms with Crippen molar-refractivity contribution in [3.05, 3.63) is 24.3 Å². The molecule has 1 aromatic rings. The number of nitrogens with two attached hydrogens (primary N) is 1. The standard InChI is InChI=1S/C14H25N3O4S2.ClH/c1-3-4-11-22(18,19)17-13-5-7-14(8-6-13)23(20,21)16-10-9-12(2)15;/h5-8,12,16-17H,3-4,9-11,15H2,1-2H3;1H. The second-order valence-electron chi connectivity index (χ2n) is 5.46. The van der Waals surface area contributed by atoms with Crippen LogP contribution in [0.2, 0.25) is 0 Å². The Hall–Kier alpha value is -0.870. The summed E-state index contributed by atoms with van der Waals surface area (Å²) in [7, 11) is -7.01. The van der Waals surface area contributed by atoms with Gasteiger partial charge in [-0.15, -0.1) is 12.4 Å². The first-order valence-electron chi connectivity index (χ1n) is 7.52. The average molecular weight is 400 g/mol. The molecule has 0 aromatic heterocycles. The third-order valence-corrected chi connectivity index (χ3v) is 5.95. The summed E-state index contributed by atoms with van der Waals surface area (Å²) >= 11 is 0. The van der Waals surface area contributed by atoms with Gasteiger partial charge in [0.1, 0.15) is 0 Å². The Kier molecular flexibility index (Phi) is 9.83. The molecule has 4 N–H and O–H groups in total. The Morgan fingerprint density at radius 1 is 1.12 bits per heavy atom. The smallest absolute Gasteiger partial charge is 0.240 e. The van der Waals surface area contributed by atoms with E-state index in [9.17, 15) is 16.8 Å². The van der Waals surface area contributed by atoms with E-state index < -0.39 is 20.0 Å². The summed E-state index contributed by atoms with van der Waals surface area (Å²) in [5, 5.41) is 0. The van der Waals surface area contributed by atoms with Crippen LogP contribution in [-0.2, 0) is 20.0 Å². The summed E-state index contributed by atoms with van der Waals surface area (Å²) in [5.74, 6) is 0.0440.